The molecule has 5 atom stereocenters. The highest BCUT2D eigenvalue weighted by Crippen LogP contribution is 2.30. The second kappa shape index (κ2) is 13.0. The van der Waals surface area contributed by atoms with Crippen LogP contribution in [0.25, 0.3) is 0 Å². The van der Waals surface area contributed by atoms with Gasteiger partial charge in [0.15, 0.2) is 0 Å². The van der Waals surface area contributed by atoms with E-state index in [0.717, 1.165) is 25.7 Å². The molecule has 0 aliphatic carbocycles. The first-order valence-electron chi connectivity index (χ1n) is 11.0. The molecule has 5 N–H and O–H groups in total. The van der Waals surface area contributed by atoms with Crippen molar-refractivity contribution in [3.8, 4) is 5.75 Å². The number of aromatic nitrogens is 1. The second-order valence-electron chi connectivity index (χ2n) is 7.97. The molecule has 182 valence electrons. The first-order chi connectivity index (χ1) is 15.3. The van der Waals surface area contributed by atoms with E-state index < -0.39 is 43.3 Å². The SMILES string of the molecule is CCCCCCCC(=O)OC[C@H]1O[C@H](Oc2c(C)ncc(CO)c2CO)[C@H](O)[C@@H](O)[C@@H]1O. The summed E-state index contributed by atoms with van der Waals surface area (Å²) in [6.07, 6.45) is -0.715. The number of pyridine rings is 1. The Balaban J connectivity index is 2.01. The summed E-state index contributed by atoms with van der Waals surface area (Å²) in [6.45, 7) is 2.56. The van der Waals surface area contributed by atoms with Crippen LogP contribution in [0.3, 0.4) is 0 Å². The van der Waals surface area contributed by atoms with Crippen LogP contribution in [0.2, 0.25) is 0 Å². The normalized spacial score (nSPS) is 25.5. The molecule has 32 heavy (non-hydrogen) atoms. The Morgan fingerprint density at radius 1 is 1.06 bits per heavy atom. The molecule has 2 heterocycles. The third-order valence-corrected chi connectivity index (χ3v) is 5.53. The van der Waals surface area contributed by atoms with Crippen molar-refractivity contribution >= 4 is 5.97 Å². The smallest absolute Gasteiger partial charge is 0.305 e. The highest BCUT2D eigenvalue weighted by atomic mass is 16.7. The summed E-state index contributed by atoms with van der Waals surface area (Å²) in [6, 6.07) is 0. The average Bonchev–Trinajstić information content (AvgIpc) is 2.79. The molecular formula is C22H35NO9. The zero-order valence-corrected chi connectivity index (χ0v) is 18.6. The van der Waals surface area contributed by atoms with Crippen LogP contribution < -0.4 is 4.74 Å². The van der Waals surface area contributed by atoms with Crippen LogP contribution in [0, 0.1) is 6.92 Å². The number of aliphatic hydroxyl groups excluding tert-OH is 5. The minimum absolute atomic E-state index is 0.0921. The highest BCUT2D eigenvalue weighted by molar-refractivity contribution is 5.69. The van der Waals surface area contributed by atoms with E-state index in [2.05, 4.69) is 11.9 Å². The van der Waals surface area contributed by atoms with E-state index >= 15 is 0 Å². The number of unbranched alkanes of at least 4 members (excludes halogenated alkanes) is 4. The second-order valence-corrected chi connectivity index (χ2v) is 7.97. The van der Waals surface area contributed by atoms with Gasteiger partial charge in [0.2, 0.25) is 6.29 Å². The minimum Gasteiger partial charge on any atom is -0.463 e. The molecule has 1 aromatic rings. The first-order valence-corrected chi connectivity index (χ1v) is 11.0. The molecule has 0 amide bonds. The number of hydrogen-bond donors (Lipinski definition) is 5. The average molecular weight is 458 g/mol. The summed E-state index contributed by atoms with van der Waals surface area (Å²) >= 11 is 0. The van der Waals surface area contributed by atoms with Crippen molar-refractivity contribution < 1.29 is 44.5 Å². The molecule has 1 aliphatic heterocycles. The van der Waals surface area contributed by atoms with Gasteiger partial charge < -0.3 is 39.7 Å². The van der Waals surface area contributed by atoms with Gasteiger partial charge in [-0.3, -0.25) is 9.78 Å². The lowest BCUT2D eigenvalue weighted by Crippen LogP contribution is -2.60. The number of aliphatic hydroxyl groups is 5. The molecule has 0 spiro atoms. The summed E-state index contributed by atoms with van der Waals surface area (Å²) < 4.78 is 16.5. The number of aryl methyl sites for hydroxylation is 1. The fraction of sp³-hybridized carbons (Fsp3) is 0.727. The molecule has 0 radical (unpaired) electrons. The molecule has 1 aliphatic rings. The van der Waals surface area contributed by atoms with Crippen molar-refractivity contribution in [2.75, 3.05) is 6.61 Å². The van der Waals surface area contributed by atoms with E-state index in [0.29, 0.717) is 17.7 Å². The Morgan fingerprint density at radius 2 is 1.78 bits per heavy atom. The van der Waals surface area contributed by atoms with Gasteiger partial charge in [0.1, 0.15) is 36.8 Å². The number of esters is 1. The van der Waals surface area contributed by atoms with Gasteiger partial charge in [0.05, 0.1) is 18.9 Å². The molecule has 0 unspecified atom stereocenters. The van der Waals surface area contributed by atoms with E-state index in [1.165, 1.54) is 6.20 Å². The largest absolute Gasteiger partial charge is 0.463 e. The molecule has 10 heteroatoms. The van der Waals surface area contributed by atoms with E-state index in [9.17, 15) is 30.3 Å². The van der Waals surface area contributed by atoms with Crippen LogP contribution in [0.15, 0.2) is 6.20 Å². The van der Waals surface area contributed by atoms with Crippen LogP contribution in [0.5, 0.6) is 5.75 Å². The Kier molecular flexibility index (Phi) is 10.8. The number of carbonyl (C=O) groups excluding carboxylic acids is 1. The van der Waals surface area contributed by atoms with Crippen LogP contribution in [-0.4, -0.2) is 73.8 Å². The molecule has 10 nitrogen and oxygen atoms in total. The maximum Gasteiger partial charge on any atom is 0.305 e. The van der Waals surface area contributed by atoms with E-state index in [4.69, 9.17) is 14.2 Å². The van der Waals surface area contributed by atoms with Gasteiger partial charge in [-0.1, -0.05) is 32.6 Å². The molecule has 2 rings (SSSR count). The van der Waals surface area contributed by atoms with Gasteiger partial charge in [-0.05, 0) is 13.3 Å². The molecule has 1 aromatic heterocycles. The van der Waals surface area contributed by atoms with Gasteiger partial charge >= 0.3 is 5.97 Å². The zero-order valence-electron chi connectivity index (χ0n) is 18.6. The molecule has 0 aromatic carbocycles. The third-order valence-electron chi connectivity index (χ3n) is 5.53. The van der Waals surface area contributed by atoms with Crippen LogP contribution in [-0.2, 0) is 27.5 Å². The number of nitrogens with zero attached hydrogens (tertiary/aromatic N) is 1. The summed E-state index contributed by atoms with van der Waals surface area (Å²) in [5.74, 6) is -0.344. The summed E-state index contributed by atoms with van der Waals surface area (Å²) in [4.78, 5) is 16.1. The summed E-state index contributed by atoms with van der Waals surface area (Å²) in [5, 5.41) is 50.0. The molecule has 0 saturated carbocycles. The summed E-state index contributed by atoms with van der Waals surface area (Å²) in [5.41, 5.74) is 0.972. The predicted octanol–water partition coefficient (Wildman–Crippen LogP) is 0.465. The number of ether oxygens (including phenoxy) is 3. The summed E-state index contributed by atoms with van der Waals surface area (Å²) in [7, 11) is 0. The molecule has 1 saturated heterocycles. The standard InChI is InChI=1S/C22H35NO9/c1-3-4-5-6-7-8-17(26)30-12-16-18(27)19(28)20(29)22(31-16)32-21-13(2)23-9-14(10-24)15(21)11-25/h9,16,18-20,22,24-25,27-29H,3-8,10-12H2,1-2H3/t16-,18-,19+,20-,22-/m1/s1. The molecule has 0 bridgehead atoms. The van der Waals surface area contributed by atoms with Gasteiger partial charge in [-0.15, -0.1) is 0 Å². The number of rotatable bonds is 12. The van der Waals surface area contributed by atoms with Gasteiger partial charge in [0, 0.05) is 23.7 Å². The quantitative estimate of drug-likeness (QED) is 0.220. The maximum absolute atomic E-state index is 12.0. The van der Waals surface area contributed by atoms with E-state index in [1.807, 2.05) is 0 Å². The Labute approximate surface area is 187 Å². The van der Waals surface area contributed by atoms with Crippen molar-refractivity contribution in [3.63, 3.8) is 0 Å². The first kappa shape index (κ1) is 26.4. The number of hydrogen-bond acceptors (Lipinski definition) is 10. The lowest BCUT2D eigenvalue weighted by Gasteiger charge is -2.40. The highest BCUT2D eigenvalue weighted by Gasteiger charge is 2.45. The van der Waals surface area contributed by atoms with Crippen molar-refractivity contribution in [3.05, 3.63) is 23.0 Å². The molecular weight excluding hydrogens is 422 g/mol. The topological polar surface area (TPSA) is 159 Å². The van der Waals surface area contributed by atoms with Crippen molar-refractivity contribution in [2.24, 2.45) is 0 Å². The van der Waals surface area contributed by atoms with E-state index in [-0.39, 0.29) is 30.9 Å². The Bertz CT molecular complexity index is 730. The monoisotopic (exact) mass is 457 g/mol. The maximum atomic E-state index is 12.0. The molecule has 1 fully saturated rings. The van der Waals surface area contributed by atoms with Gasteiger partial charge in [-0.2, -0.15) is 0 Å². The van der Waals surface area contributed by atoms with Crippen molar-refractivity contribution in [1.29, 1.82) is 0 Å². The van der Waals surface area contributed by atoms with Crippen LogP contribution >= 0.6 is 0 Å². The van der Waals surface area contributed by atoms with Crippen LogP contribution in [0.1, 0.15) is 62.3 Å². The third kappa shape index (κ3) is 6.84. The minimum atomic E-state index is -1.61. The lowest BCUT2D eigenvalue weighted by atomic mass is 9.99. The Morgan fingerprint density at radius 3 is 2.44 bits per heavy atom. The lowest BCUT2D eigenvalue weighted by molar-refractivity contribution is -0.278. The fourth-order valence-corrected chi connectivity index (χ4v) is 3.53. The Hall–Kier alpha value is -1.82. The predicted molar refractivity (Wildman–Crippen MR) is 112 cm³/mol. The van der Waals surface area contributed by atoms with Crippen LogP contribution in [0.4, 0.5) is 0 Å². The van der Waals surface area contributed by atoms with Gasteiger partial charge in [-0.25, -0.2) is 0 Å². The fourth-order valence-electron chi connectivity index (χ4n) is 3.53. The van der Waals surface area contributed by atoms with Crippen molar-refractivity contribution in [2.45, 2.75) is 96.3 Å². The van der Waals surface area contributed by atoms with E-state index in [1.54, 1.807) is 6.92 Å². The zero-order chi connectivity index (χ0) is 23.7. The van der Waals surface area contributed by atoms with Crippen molar-refractivity contribution in [1.82, 2.24) is 4.98 Å². The van der Waals surface area contributed by atoms with Gasteiger partial charge in [0.25, 0.3) is 0 Å². The number of carbonyl (C=O) groups is 1.